The summed E-state index contributed by atoms with van der Waals surface area (Å²) in [6.07, 6.45) is 4.03. The third-order valence-electron chi connectivity index (χ3n) is 8.44. The molecule has 3 N–H and O–H groups in total. The molecule has 1 aliphatic heterocycles. The first-order chi connectivity index (χ1) is 22.1. The van der Waals surface area contributed by atoms with E-state index in [1.54, 1.807) is 68.6 Å². The Hall–Kier alpha value is -4.57. The molecule has 0 bridgehead atoms. The summed E-state index contributed by atoms with van der Waals surface area (Å²) in [4.78, 5) is 32.1. The zero-order chi connectivity index (χ0) is 34.1. The highest BCUT2D eigenvalue weighted by molar-refractivity contribution is 6.31. The fourth-order valence-corrected chi connectivity index (χ4v) is 5.49. The highest BCUT2D eigenvalue weighted by Gasteiger charge is 2.35. The highest BCUT2D eigenvalue weighted by Crippen LogP contribution is 2.37. The molecule has 1 fully saturated rings. The zero-order valence-electron chi connectivity index (χ0n) is 26.1. The number of hydrogen-bond acceptors (Lipinski definition) is 5. The Balaban J connectivity index is 1.52. The average molecular weight is 666 g/mol. The van der Waals surface area contributed by atoms with Gasteiger partial charge in [0.15, 0.2) is 0 Å². The molecule has 47 heavy (non-hydrogen) atoms. The van der Waals surface area contributed by atoms with Crippen LogP contribution in [0.3, 0.4) is 0 Å². The molecule has 2 aliphatic rings. The Labute approximate surface area is 275 Å². The summed E-state index contributed by atoms with van der Waals surface area (Å²) in [5, 5.41) is 10.00. The van der Waals surface area contributed by atoms with Gasteiger partial charge in [0.2, 0.25) is 5.76 Å². The summed E-state index contributed by atoms with van der Waals surface area (Å²) in [7, 11) is 0. The van der Waals surface area contributed by atoms with Crippen LogP contribution in [-0.4, -0.2) is 28.1 Å². The normalized spacial score (nSPS) is 17.9. The predicted molar refractivity (Wildman–Crippen MR) is 174 cm³/mol. The number of halogens is 4. The van der Waals surface area contributed by atoms with E-state index in [1.807, 2.05) is 19.1 Å². The lowest BCUT2D eigenvalue weighted by Crippen LogP contribution is -2.32. The molecule has 1 unspecified atom stereocenters. The van der Waals surface area contributed by atoms with Gasteiger partial charge in [0.05, 0.1) is 23.2 Å². The van der Waals surface area contributed by atoms with Gasteiger partial charge in [0, 0.05) is 29.4 Å². The molecule has 1 aliphatic carbocycles. The van der Waals surface area contributed by atoms with E-state index in [0.29, 0.717) is 27.5 Å². The highest BCUT2D eigenvalue weighted by atomic mass is 35.5. The molecule has 1 amide bonds. The first-order valence-corrected chi connectivity index (χ1v) is 15.5. The molecule has 1 atom stereocenters. The van der Waals surface area contributed by atoms with Crippen molar-refractivity contribution in [2.45, 2.75) is 58.3 Å². The van der Waals surface area contributed by atoms with Gasteiger partial charge in [-0.15, -0.1) is 0 Å². The fraction of sp³-hybridized carbons (Fsp3) is 0.306. The molecule has 0 saturated heterocycles. The number of aliphatic carboxylic acids is 1. The van der Waals surface area contributed by atoms with Crippen LogP contribution in [0.5, 0.6) is 0 Å². The quantitative estimate of drug-likeness (QED) is 0.212. The number of furan rings is 1. The zero-order valence-corrected chi connectivity index (χ0v) is 26.9. The number of carboxylic acids is 1. The number of carbonyl (C=O) groups is 2. The first-order valence-electron chi connectivity index (χ1n) is 15.1. The lowest BCUT2D eigenvalue weighted by molar-refractivity contribution is -0.153. The summed E-state index contributed by atoms with van der Waals surface area (Å²) in [5.74, 6) is -2.72. The minimum Gasteiger partial charge on any atom is -0.481 e. The van der Waals surface area contributed by atoms with Crippen molar-refractivity contribution in [1.29, 1.82) is 0 Å². The van der Waals surface area contributed by atoms with Crippen LogP contribution in [0.4, 0.5) is 13.2 Å². The van der Waals surface area contributed by atoms with E-state index in [-0.39, 0.29) is 36.3 Å². The molecular formula is C36H35ClF3N3O4. The van der Waals surface area contributed by atoms with Gasteiger partial charge in [-0.3, -0.25) is 14.6 Å². The van der Waals surface area contributed by atoms with Crippen molar-refractivity contribution in [3.8, 4) is 11.1 Å². The molecule has 1 aromatic heterocycles. The molecule has 2 aromatic carbocycles. The largest absolute Gasteiger partial charge is 0.481 e. The van der Waals surface area contributed by atoms with Crippen molar-refractivity contribution < 1.29 is 32.3 Å². The molecule has 1 saturated carbocycles. The Bertz CT molecular complexity index is 1820. The van der Waals surface area contributed by atoms with E-state index in [9.17, 15) is 27.9 Å². The van der Waals surface area contributed by atoms with Crippen LogP contribution in [0.15, 0.2) is 99.2 Å². The standard InChI is InChI=1S/C36H35ClF3N3O4/c1-21-6-5-15-42-32(21)28(18-30(41)22-9-10-22)33(44)43(20-27-13-14-31(47-27)36(38,39)40)19-25-12-11-24(17-29(25)37)23-7-4-8-26(16-23)35(2,3)34(45)46/h4-8,11-18,21-22H,9-10,19-20,41H2,1-3H3,(H,45,46)/b30-18-,32-28-. The molecule has 0 radical (unpaired) electrons. The van der Waals surface area contributed by atoms with Crippen LogP contribution in [0, 0.1) is 11.8 Å². The van der Waals surface area contributed by atoms with Crippen molar-refractivity contribution in [1.82, 2.24) is 4.90 Å². The minimum atomic E-state index is -4.68. The van der Waals surface area contributed by atoms with Crippen LogP contribution < -0.4 is 5.73 Å². The van der Waals surface area contributed by atoms with Gasteiger partial charge in [-0.05, 0) is 85.2 Å². The number of nitrogens with two attached hydrogens (primary N) is 1. The SMILES string of the molecule is CC1C=CC=N/C1=C(/C=C(\N)C1CC1)C(=O)N(Cc1ccc(C(F)(F)F)o1)Cc1ccc(-c2cccc(C(C)(C)C(=O)O)c2)cc1Cl. The fourth-order valence-electron chi connectivity index (χ4n) is 5.25. The Morgan fingerprint density at radius 3 is 2.43 bits per heavy atom. The van der Waals surface area contributed by atoms with Crippen LogP contribution in [0.25, 0.3) is 11.1 Å². The maximum Gasteiger partial charge on any atom is 0.449 e. The Morgan fingerprint density at radius 2 is 1.81 bits per heavy atom. The number of rotatable bonds is 10. The average Bonchev–Trinajstić information content (AvgIpc) is 3.77. The number of nitrogens with zero attached hydrogens (tertiary/aromatic N) is 2. The van der Waals surface area contributed by atoms with Crippen molar-refractivity contribution in [2.24, 2.45) is 22.6 Å². The molecule has 11 heteroatoms. The second kappa shape index (κ2) is 13.3. The van der Waals surface area contributed by atoms with E-state index in [4.69, 9.17) is 21.8 Å². The molecule has 7 nitrogen and oxygen atoms in total. The summed E-state index contributed by atoms with van der Waals surface area (Å²) in [6.45, 7) is 4.81. The number of benzene rings is 2. The summed E-state index contributed by atoms with van der Waals surface area (Å²) >= 11 is 6.78. The van der Waals surface area contributed by atoms with Crippen molar-refractivity contribution in [3.05, 3.63) is 117 Å². The lowest BCUT2D eigenvalue weighted by atomic mass is 9.83. The second-order valence-electron chi connectivity index (χ2n) is 12.4. The molecule has 246 valence electrons. The first kappa shape index (κ1) is 33.8. The topological polar surface area (TPSA) is 109 Å². The summed E-state index contributed by atoms with van der Waals surface area (Å²) in [5.41, 5.74) is 9.16. The van der Waals surface area contributed by atoms with Crippen molar-refractivity contribution in [3.63, 3.8) is 0 Å². The van der Waals surface area contributed by atoms with Gasteiger partial charge in [-0.1, -0.05) is 61.0 Å². The van der Waals surface area contributed by atoms with Crippen LogP contribution >= 0.6 is 11.6 Å². The van der Waals surface area contributed by atoms with E-state index in [0.717, 1.165) is 30.0 Å². The number of carboxylic acid groups (broad SMARTS) is 1. The maximum absolute atomic E-state index is 14.4. The molecular weight excluding hydrogens is 631 g/mol. The number of aliphatic imine (C=N–C) groups is 1. The van der Waals surface area contributed by atoms with Crippen LogP contribution in [-0.2, 0) is 34.3 Å². The predicted octanol–water partition coefficient (Wildman–Crippen LogP) is 8.29. The van der Waals surface area contributed by atoms with E-state index < -0.39 is 29.2 Å². The molecule has 5 rings (SSSR count). The smallest absolute Gasteiger partial charge is 0.449 e. The van der Waals surface area contributed by atoms with E-state index >= 15 is 0 Å². The van der Waals surface area contributed by atoms with Crippen LogP contribution in [0.2, 0.25) is 5.02 Å². The lowest BCUT2D eigenvalue weighted by Gasteiger charge is -2.25. The van der Waals surface area contributed by atoms with Gasteiger partial charge in [-0.2, -0.15) is 13.2 Å². The summed E-state index contributed by atoms with van der Waals surface area (Å²) < 4.78 is 45.2. The molecule has 3 aromatic rings. The number of allylic oxidation sites excluding steroid dienone is 3. The third-order valence-corrected chi connectivity index (χ3v) is 8.79. The van der Waals surface area contributed by atoms with Gasteiger partial charge < -0.3 is 20.2 Å². The minimum absolute atomic E-state index is 0.0557. The number of hydrogen-bond donors (Lipinski definition) is 2. The Kier molecular flexibility index (Phi) is 9.54. The number of carbonyl (C=O) groups excluding carboxylic acids is 1. The van der Waals surface area contributed by atoms with Crippen LogP contribution in [0.1, 0.15) is 56.3 Å². The maximum atomic E-state index is 14.4. The van der Waals surface area contributed by atoms with Crippen molar-refractivity contribution in [2.75, 3.05) is 0 Å². The third kappa shape index (κ3) is 7.71. The van der Waals surface area contributed by atoms with Gasteiger partial charge in [-0.25, -0.2) is 0 Å². The summed E-state index contributed by atoms with van der Waals surface area (Å²) in [6, 6.07) is 14.4. The Morgan fingerprint density at radius 1 is 1.09 bits per heavy atom. The molecule has 0 spiro atoms. The monoisotopic (exact) mass is 665 g/mol. The molecule has 2 heterocycles. The number of amides is 1. The van der Waals surface area contributed by atoms with Gasteiger partial charge >= 0.3 is 12.1 Å². The van der Waals surface area contributed by atoms with Gasteiger partial charge in [0.1, 0.15) is 5.76 Å². The van der Waals surface area contributed by atoms with E-state index in [1.165, 1.54) is 11.0 Å². The van der Waals surface area contributed by atoms with Crippen molar-refractivity contribution >= 4 is 29.7 Å². The van der Waals surface area contributed by atoms with E-state index in [2.05, 4.69) is 4.99 Å². The number of dihydropyridines is 1. The second-order valence-corrected chi connectivity index (χ2v) is 12.8. The van der Waals surface area contributed by atoms with Gasteiger partial charge in [0.25, 0.3) is 5.91 Å². The number of alkyl halides is 3.